The lowest BCUT2D eigenvalue weighted by molar-refractivity contribution is 0.136. The number of hydrogen-bond acceptors (Lipinski definition) is 6. The number of rotatable bonds is 5. The SMILES string of the molecule is CCc1cccc(CC)c1-n1c(=O)nc(N2CCN(C(=O)O)CC2C)c2cc(Cl)c(N3CCCCC3)nc21. The number of carboxylic acid groups (broad SMARTS) is 1. The third kappa shape index (κ3) is 4.68. The van der Waals surface area contributed by atoms with Crippen LogP contribution in [0.2, 0.25) is 5.02 Å². The van der Waals surface area contributed by atoms with E-state index in [0.717, 1.165) is 55.6 Å². The summed E-state index contributed by atoms with van der Waals surface area (Å²) in [5, 5.41) is 10.7. The van der Waals surface area contributed by atoms with Gasteiger partial charge in [-0.2, -0.15) is 4.98 Å². The van der Waals surface area contributed by atoms with E-state index in [-0.39, 0.29) is 6.04 Å². The van der Waals surface area contributed by atoms with Gasteiger partial charge in [0.05, 0.1) is 16.1 Å². The fourth-order valence-electron chi connectivity index (χ4n) is 5.79. The number of para-hydroxylation sites is 1. The highest BCUT2D eigenvalue weighted by molar-refractivity contribution is 6.33. The Bertz CT molecular complexity index is 1400. The van der Waals surface area contributed by atoms with Crippen molar-refractivity contribution < 1.29 is 9.90 Å². The fourth-order valence-corrected chi connectivity index (χ4v) is 6.06. The number of fused-ring (bicyclic) bond motifs is 1. The van der Waals surface area contributed by atoms with E-state index in [1.54, 1.807) is 4.57 Å². The van der Waals surface area contributed by atoms with E-state index >= 15 is 0 Å². The maximum atomic E-state index is 13.9. The summed E-state index contributed by atoms with van der Waals surface area (Å²) in [5.74, 6) is 1.20. The molecule has 2 saturated heterocycles. The number of carbonyl (C=O) groups is 1. The summed E-state index contributed by atoms with van der Waals surface area (Å²) in [5.41, 5.74) is 3.10. The van der Waals surface area contributed by atoms with Crippen LogP contribution in [0, 0.1) is 0 Å². The molecule has 0 saturated carbocycles. The van der Waals surface area contributed by atoms with Gasteiger partial charge in [-0.1, -0.05) is 43.6 Å². The van der Waals surface area contributed by atoms with Crippen LogP contribution in [0.15, 0.2) is 29.1 Å². The van der Waals surface area contributed by atoms with Crippen LogP contribution in [-0.2, 0) is 12.8 Å². The summed E-state index contributed by atoms with van der Waals surface area (Å²) < 4.78 is 1.67. The molecule has 3 aromatic rings. The smallest absolute Gasteiger partial charge is 0.407 e. The number of amides is 1. The second-order valence-corrected chi connectivity index (χ2v) is 10.6. The van der Waals surface area contributed by atoms with Gasteiger partial charge in [0.15, 0.2) is 5.65 Å². The summed E-state index contributed by atoms with van der Waals surface area (Å²) in [6.45, 7) is 8.95. The minimum absolute atomic E-state index is 0.166. The first-order chi connectivity index (χ1) is 18.3. The molecular formula is C28H35ClN6O3. The standard InChI is InChI=1S/C28H35ClN6O3/c1-4-19-10-9-11-20(5-2)23(19)35-25-21(16-22(29)26(30-25)32-12-7-6-8-13-32)24(31-27(35)36)34-15-14-33(28(37)38)17-18(34)3/h9-11,16,18H,4-8,12-15,17H2,1-3H3,(H,37,38). The second kappa shape index (κ2) is 10.8. The molecule has 0 spiro atoms. The van der Waals surface area contributed by atoms with E-state index in [9.17, 15) is 14.7 Å². The quantitative estimate of drug-likeness (QED) is 0.501. The van der Waals surface area contributed by atoms with Crippen LogP contribution >= 0.6 is 11.6 Å². The largest absolute Gasteiger partial charge is 0.465 e. The highest BCUT2D eigenvalue weighted by atomic mass is 35.5. The Kier molecular flexibility index (Phi) is 7.47. The number of aryl methyl sites for hydroxylation is 2. The first-order valence-corrected chi connectivity index (χ1v) is 14.0. The number of anilines is 2. The second-order valence-electron chi connectivity index (χ2n) is 10.2. The average Bonchev–Trinajstić information content (AvgIpc) is 2.92. The van der Waals surface area contributed by atoms with Crippen LogP contribution in [0.25, 0.3) is 16.7 Å². The molecule has 2 aliphatic heterocycles. The predicted octanol–water partition coefficient (Wildman–Crippen LogP) is 4.74. The molecule has 0 radical (unpaired) electrons. The molecule has 0 aliphatic carbocycles. The Morgan fingerprint density at radius 1 is 1.03 bits per heavy atom. The van der Waals surface area contributed by atoms with Crippen molar-refractivity contribution in [3.8, 4) is 5.69 Å². The first kappa shape index (κ1) is 26.3. The van der Waals surface area contributed by atoms with E-state index in [1.807, 2.05) is 24.0 Å². The molecule has 2 aliphatic rings. The number of benzene rings is 1. The normalized spacial score (nSPS) is 18.3. The van der Waals surface area contributed by atoms with Crippen LogP contribution in [0.5, 0.6) is 0 Å². The van der Waals surface area contributed by atoms with Crippen LogP contribution in [0.4, 0.5) is 16.4 Å². The summed E-state index contributed by atoms with van der Waals surface area (Å²) in [6.07, 6.45) is 3.93. The summed E-state index contributed by atoms with van der Waals surface area (Å²) in [7, 11) is 0. The molecule has 38 heavy (non-hydrogen) atoms. The number of hydrogen-bond donors (Lipinski definition) is 1. The Morgan fingerprint density at radius 2 is 1.71 bits per heavy atom. The van der Waals surface area contributed by atoms with Gasteiger partial charge < -0.3 is 19.8 Å². The van der Waals surface area contributed by atoms with Gasteiger partial charge in [0.1, 0.15) is 11.6 Å². The molecule has 0 bridgehead atoms. The van der Waals surface area contributed by atoms with Gasteiger partial charge in [-0.25, -0.2) is 19.1 Å². The van der Waals surface area contributed by atoms with Gasteiger partial charge in [0, 0.05) is 38.8 Å². The van der Waals surface area contributed by atoms with E-state index in [2.05, 4.69) is 35.9 Å². The molecule has 5 rings (SSSR count). The van der Waals surface area contributed by atoms with Crippen LogP contribution < -0.4 is 15.5 Å². The average molecular weight is 539 g/mol. The highest BCUT2D eigenvalue weighted by Crippen LogP contribution is 2.35. The summed E-state index contributed by atoms with van der Waals surface area (Å²) in [6, 6.07) is 7.86. The number of piperazine rings is 1. The lowest BCUT2D eigenvalue weighted by Gasteiger charge is -2.39. The van der Waals surface area contributed by atoms with Gasteiger partial charge >= 0.3 is 11.8 Å². The van der Waals surface area contributed by atoms with Gasteiger partial charge in [0.2, 0.25) is 0 Å². The molecule has 1 amide bonds. The van der Waals surface area contributed by atoms with Crippen molar-refractivity contribution in [2.24, 2.45) is 0 Å². The molecule has 1 aromatic carbocycles. The Balaban J connectivity index is 1.77. The molecule has 202 valence electrons. The van der Waals surface area contributed by atoms with Gasteiger partial charge in [-0.3, -0.25) is 0 Å². The monoisotopic (exact) mass is 538 g/mol. The Hall–Kier alpha value is -3.33. The van der Waals surface area contributed by atoms with Crippen molar-refractivity contribution in [3.63, 3.8) is 0 Å². The molecule has 1 atom stereocenters. The molecule has 2 aromatic heterocycles. The van der Waals surface area contributed by atoms with E-state index in [0.29, 0.717) is 47.3 Å². The molecular weight excluding hydrogens is 504 g/mol. The predicted molar refractivity (Wildman–Crippen MR) is 151 cm³/mol. The fraction of sp³-hybridized carbons (Fsp3) is 0.500. The zero-order chi connectivity index (χ0) is 27.0. The molecule has 4 heterocycles. The minimum Gasteiger partial charge on any atom is -0.465 e. The van der Waals surface area contributed by atoms with Crippen molar-refractivity contribution in [2.45, 2.75) is 58.9 Å². The topological polar surface area (TPSA) is 94.8 Å². The van der Waals surface area contributed by atoms with Crippen LogP contribution in [-0.4, -0.2) is 69.4 Å². The van der Waals surface area contributed by atoms with Crippen LogP contribution in [0.3, 0.4) is 0 Å². The zero-order valence-electron chi connectivity index (χ0n) is 22.3. The lowest BCUT2D eigenvalue weighted by Crippen LogP contribution is -2.54. The van der Waals surface area contributed by atoms with Gasteiger partial charge in [0.25, 0.3) is 0 Å². The van der Waals surface area contributed by atoms with E-state index in [1.165, 1.54) is 11.3 Å². The van der Waals surface area contributed by atoms with Crippen LogP contribution in [0.1, 0.15) is 51.2 Å². The number of nitrogens with zero attached hydrogens (tertiary/aromatic N) is 6. The number of aromatic nitrogens is 3. The molecule has 1 unspecified atom stereocenters. The molecule has 10 heteroatoms. The Morgan fingerprint density at radius 3 is 2.32 bits per heavy atom. The molecule has 1 N–H and O–H groups in total. The summed E-state index contributed by atoms with van der Waals surface area (Å²) >= 11 is 6.88. The zero-order valence-corrected chi connectivity index (χ0v) is 23.0. The minimum atomic E-state index is -0.941. The van der Waals surface area contributed by atoms with Crippen molar-refractivity contribution in [3.05, 3.63) is 50.9 Å². The van der Waals surface area contributed by atoms with Crippen molar-refractivity contribution in [1.82, 2.24) is 19.4 Å². The molecule has 2 fully saturated rings. The maximum Gasteiger partial charge on any atom is 0.407 e. The highest BCUT2D eigenvalue weighted by Gasteiger charge is 2.31. The first-order valence-electron chi connectivity index (χ1n) is 13.6. The third-order valence-electron chi connectivity index (χ3n) is 7.80. The number of piperidine rings is 1. The number of pyridine rings is 1. The summed E-state index contributed by atoms with van der Waals surface area (Å²) in [4.78, 5) is 40.8. The van der Waals surface area contributed by atoms with Gasteiger partial charge in [-0.05, 0) is 56.2 Å². The van der Waals surface area contributed by atoms with E-state index < -0.39 is 11.8 Å². The number of halogens is 1. The lowest BCUT2D eigenvalue weighted by atomic mass is 10.0. The maximum absolute atomic E-state index is 13.9. The van der Waals surface area contributed by atoms with Crippen molar-refractivity contribution in [1.29, 1.82) is 0 Å². The molecule has 9 nitrogen and oxygen atoms in total. The van der Waals surface area contributed by atoms with E-state index in [4.69, 9.17) is 16.6 Å². The van der Waals surface area contributed by atoms with Gasteiger partial charge in [-0.15, -0.1) is 0 Å². The van der Waals surface area contributed by atoms with Crippen molar-refractivity contribution >= 4 is 40.4 Å². The Labute approximate surface area is 227 Å². The van der Waals surface area contributed by atoms with Crippen molar-refractivity contribution in [2.75, 3.05) is 42.5 Å². The third-order valence-corrected chi connectivity index (χ3v) is 8.08.